The van der Waals surface area contributed by atoms with E-state index in [9.17, 15) is 13.6 Å². The number of rotatable bonds is 5. The van der Waals surface area contributed by atoms with Crippen LogP contribution in [0.4, 0.5) is 14.6 Å². The molecule has 1 aromatic heterocycles. The van der Waals surface area contributed by atoms with Crippen LogP contribution >= 0.6 is 0 Å². The molecule has 0 atom stereocenters. The van der Waals surface area contributed by atoms with Crippen LogP contribution in [-0.2, 0) is 0 Å². The van der Waals surface area contributed by atoms with Crippen LogP contribution in [0.15, 0.2) is 10.9 Å². The maximum atomic E-state index is 12.9. The van der Waals surface area contributed by atoms with Crippen molar-refractivity contribution in [3.05, 3.63) is 22.2 Å². The Morgan fingerprint density at radius 1 is 1.59 bits per heavy atom. The predicted molar refractivity (Wildman–Crippen MR) is 61.4 cm³/mol. The van der Waals surface area contributed by atoms with E-state index in [1.165, 1.54) is 0 Å². The summed E-state index contributed by atoms with van der Waals surface area (Å²) in [6, 6.07) is 1.14. The first-order valence-electron chi connectivity index (χ1n) is 5.27. The van der Waals surface area contributed by atoms with Gasteiger partial charge in [-0.15, -0.1) is 0 Å². The number of nitrogens with two attached hydrogens (primary N) is 1. The molecule has 4 N–H and O–H groups in total. The van der Waals surface area contributed by atoms with E-state index in [1.807, 2.05) is 13.8 Å². The molecular weight excluding hydrogens is 230 g/mol. The molecule has 17 heavy (non-hydrogen) atoms. The lowest BCUT2D eigenvalue weighted by molar-refractivity contribution is 0.0253. The van der Waals surface area contributed by atoms with Crippen LogP contribution in [-0.4, -0.2) is 29.0 Å². The SMILES string of the molecule is CC(C)c1nc(NCC(F)(F)CN)cc(=O)[nH]1. The fourth-order valence-corrected chi connectivity index (χ4v) is 1.13. The Labute approximate surface area is 97.4 Å². The number of halogens is 2. The summed E-state index contributed by atoms with van der Waals surface area (Å²) in [6.07, 6.45) is 0. The molecule has 0 spiro atoms. The Balaban J connectivity index is 2.82. The lowest BCUT2D eigenvalue weighted by Gasteiger charge is -2.15. The van der Waals surface area contributed by atoms with Gasteiger partial charge in [-0.05, 0) is 0 Å². The molecule has 0 saturated carbocycles. The molecule has 0 amide bonds. The van der Waals surface area contributed by atoms with Crippen LogP contribution < -0.4 is 16.6 Å². The molecular formula is C10H16F2N4O. The van der Waals surface area contributed by atoms with Gasteiger partial charge in [0.2, 0.25) is 0 Å². The minimum absolute atomic E-state index is 0.0134. The highest BCUT2D eigenvalue weighted by molar-refractivity contribution is 5.33. The summed E-state index contributed by atoms with van der Waals surface area (Å²) in [4.78, 5) is 17.8. The largest absolute Gasteiger partial charge is 0.364 e. The second-order valence-corrected chi connectivity index (χ2v) is 4.08. The van der Waals surface area contributed by atoms with Gasteiger partial charge in [0.1, 0.15) is 11.6 Å². The minimum atomic E-state index is -3.01. The molecule has 0 fully saturated rings. The molecule has 0 unspecified atom stereocenters. The van der Waals surface area contributed by atoms with E-state index in [0.29, 0.717) is 5.82 Å². The Kier molecular flexibility index (Phi) is 4.17. The Morgan fingerprint density at radius 3 is 2.76 bits per heavy atom. The summed E-state index contributed by atoms with van der Waals surface area (Å²) in [7, 11) is 0. The average Bonchev–Trinajstić information content (AvgIpc) is 2.26. The van der Waals surface area contributed by atoms with E-state index < -0.39 is 19.0 Å². The summed E-state index contributed by atoms with van der Waals surface area (Å²) in [6.45, 7) is 2.30. The number of H-pyrrole nitrogens is 1. The van der Waals surface area contributed by atoms with Crippen molar-refractivity contribution in [1.82, 2.24) is 9.97 Å². The van der Waals surface area contributed by atoms with Gasteiger partial charge in [-0.3, -0.25) is 4.79 Å². The molecule has 1 rings (SSSR count). The highest BCUT2D eigenvalue weighted by Crippen LogP contribution is 2.13. The number of nitrogens with zero attached hydrogens (tertiary/aromatic N) is 1. The van der Waals surface area contributed by atoms with Gasteiger partial charge in [0.15, 0.2) is 0 Å². The van der Waals surface area contributed by atoms with Crippen LogP contribution in [0.2, 0.25) is 0 Å². The van der Waals surface area contributed by atoms with Gasteiger partial charge in [0.05, 0.1) is 13.1 Å². The van der Waals surface area contributed by atoms with Crippen LogP contribution in [0.1, 0.15) is 25.6 Å². The van der Waals surface area contributed by atoms with Crippen molar-refractivity contribution in [2.24, 2.45) is 5.73 Å². The van der Waals surface area contributed by atoms with Crippen LogP contribution in [0.3, 0.4) is 0 Å². The van der Waals surface area contributed by atoms with E-state index in [-0.39, 0.29) is 17.3 Å². The maximum absolute atomic E-state index is 12.9. The van der Waals surface area contributed by atoms with E-state index in [1.54, 1.807) is 0 Å². The van der Waals surface area contributed by atoms with Gasteiger partial charge >= 0.3 is 0 Å². The van der Waals surface area contributed by atoms with Crippen LogP contribution in [0.5, 0.6) is 0 Å². The van der Waals surface area contributed by atoms with Crippen molar-refractivity contribution in [1.29, 1.82) is 0 Å². The third-order valence-corrected chi connectivity index (χ3v) is 2.13. The number of anilines is 1. The van der Waals surface area contributed by atoms with Crippen LogP contribution in [0.25, 0.3) is 0 Å². The smallest absolute Gasteiger partial charge is 0.276 e. The lowest BCUT2D eigenvalue weighted by Crippen LogP contribution is -2.35. The summed E-state index contributed by atoms with van der Waals surface area (Å²) >= 11 is 0. The Hall–Kier alpha value is -1.50. The molecule has 0 aliphatic heterocycles. The van der Waals surface area contributed by atoms with Crippen LogP contribution in [0, 0.1) is 0 Å². The van der Waals surface area contributed by atoms with Gasteiger partial charge in [-0.25, -0.2) is 13.8 Å². The second kappa shape index (κ2) is 5.22. The number of hydrogen-bond acceptors (Lipinski definition) is 4. The normalized spacial score (nSPS) is 11.9. The van der Waals surface area contributed by atoms with Crippen molar-refractivity contribution in [3.8, 4) is 0 Å². The molecule has 1 aromatic rings. The number of hydrogen-bond donors (Lipinski definition) is 3. The summed E-state index contributed by atoms with van der Waals surface area (Å²) in [5.41, 5.74) is 4.53. The molecule has 0 aromatic carbocycles. The van der Waals surface area contributed by atoms with Gasteiger partial charge in [0.25, 0.3) is 11.5 Å². The average molecular weight is 246 g/mol. The topological polar surface area (TPSA) is 83.8 Å². The van der Waals surface area contributed by atoms with E-state index >= 15 is 0 Å². The Bertz CT molecular complexity index is 431. The molecule has 96 valence electrons. The fraction of sp³-hybridized carbons (Fsp3) is 0.600. The summed E-state index contributed by atoms with van der Waals surface area (Å²) in [5, 5.41) is 2.41. The molecule has 0 aliphatic carbocycles. The van der Waals surface area contributed by atoms with E-state index in [0.717, 1.165) is 6.07 Å². The molecule has 0 aliphatic rings. The van der Waals surface area contributed by atoms with Crippen molar-refractivity contribution in [2.75, 3.05) is 18.4 Å². The monoisotopic (exact) mass is 246 g/mol. The first-order valence-corrected chi connectivity index (χ1v) is 5.27. The van der Waals surface area contributed by atoms with Gasteiger partial charge in [0, 0.05) is 12.0 Å². The van der Waals surface area contributed by atoms with Crippen molar-refractivity contribution < 1.29 is 8.78 Å². The van der Waals surface area contributed by atoms with E-state index in [2.05, 4.69) is 15.3 Å². The molecule has 1 heterocycles. The first kappa shape index (κ1) is 13.6. The highest BCUT2D eigenvalue weighted by Gasteiger charge is 2.26. The summed E-state index contributed by atoms with van der Waals surface area (Å²) < 4.78 is 25.8. The van der Waals surface area contributed by atoms with Crippen molar-refractivity contribution in [3.63, 3.8) is 0 Å². The lowest BCUT2D eigenvalue weighted by atomic mass is 10.2. The summed E-state index contributed by atoms with van der Waals surface area (Å²) in [5.74, 6) is -2.41. The molecule has 0 bridgehead atoms. The number of aromatic amines is 1. The van der Waals surface area contributed by atoms with Gasteiger partial charge < -0.3 is 16.0 Å². The van der Waals surface area contributed by atoms with Crippen molar-refractivity contribution >= 4 is 5.82 Å². The zero-order valence-corrected chi connectivity index (χ0v) is 9.76. The quantitative estimate of drug-likeness (QED) is 0.720. The minimum Gasteiger partial charge on any atom is -0.364 e. The number of alkyl halides is 2. The third-order valence-electron chi connectivity index (χ3n) is 2.13. The van der Waals surface area contributed by atoms with Gasteiger partial charge in [-0.1, -0.05) is 13.8 Å². The Morgan fingerprint density at radius 2 is 2.24 bits per heavy atom. The first-order chi connectivity index (χ1) is 7.84. The van der Waals surface area contributed by atoms with E-state index in [4.69, 9.17) is 5.73 Å². The zero-order valence-electron chi connectivity index (χ0n) is 9.76. The number of nitrogens with one attached hydrogen (secondary N) is 2. The van der Waals surface area contributed by atoms with Gasteiger partial charge in [-0.2, -0.15) is 0 Å². The zero-order chi connectivity index (χ0) is 13.1. The molecule has 7 heteroatoms. The molecule has 0 saturated heterocycles. The standard InChI is InChI=1S/C10H16F2N4O/c1-6(2)9-15-7(3-8(17)16-9)14-5-10(11,12)4-13/h3,6H,4-5,13H2,1-2H3,(H2,14,15,16,17). The second-order valence-electron chi connectivity index (χ2n) is 4.08. The third kappa shape index (κ3) is 4.10. The molecule has 0 radical (unpaired) electrons. The van der Waals surface area contributed by atoms with Crippen molar-refractivity contribution in [2.45, 2.75) is 25.7 Å². The number of aromatic nitrogens is 2. The molecule has 5 nitrogen and oxygen atoms in total. The maximum Gasteiger partial charge on any atom is 0.276 e. The highest BCUT2D eigenvalue weighted by atomic mass is 19.3. The fourth-order valence-electron chi connectivity index (χ4n) is 1.13. The predicted octanol–water partition coefficient (Wildman–Crippen LogP) is 0.899.